The third-order valence-corrected chi connectivity index (χ3v) is 6.82. The largest absolute Gasteiger partial charge is 0.442 e. The number of carbonyl (C=O) groups is 1. The molecule has 8 nitrogen and oxygen atoms in total. The van der Waals surface area contributed by atoms with E-state index in [9.17, 15) is 22.0 Å². The van der Waals surface area contributed by atoms with Gasteiger partial charge in [0, 0.05) is 24.1 Å². The van der Waals surface area contributed by atoms with Gasteiger partial charge in [0.15, 0.2) is 9.84 Å². The SMILES string of the molecule is O=C1OC(Cn2cc(CCCl)nn2)CN1c1cc(F)c(C2=CCS(=O)(=O)CC2)c(F)c1. The molecule has 1 aromatic carbocycles. The number of rotatable bonds is 6. The number of aryl methyl sites for hydroxylation is 1. The summed E-state index contributed by atoms with van der Waals surface area (Å²) in [7, 11) is -3.22. The molecular weight excluding hydrogens is 454 g/mol. The average molecular weight is 473 g/mol. The lowest BCUT2D eigenvalue weighted by atomic mass is 10.0. The van der Waals surface area contributed by atoms with Crippen LogP contribution in [0.25, 0.3) is 5.57 Å². The molecule has 2 aliphatic rings. The summed E-state index contributed by atoms with van der Waals surface area (Å²) in [6.45, 7) is 0.324. The molecule has 0 aliphatic carbocycles. The smallest absolute Gasteiger partial charge is 0.414 e. The maximum Gasteiger partial charge on any atom is 0.414 e. The Morgan fingerprint density at radius 2 is 2.00 bits per heavy atom. The van der Waals surface area contributed by atoms with Gasteiger partial charge in [-0.05, 0) is 24.1 Å². The first-order valence-corrected chi connectivity index (χ1v) is 11.9. The quantitative estimate of drug-likeness (QED) is 0.600. The van der Waals surface area contributed by atoms with Gasteiger partial charge in [-0.3, -0.25) is 4.90 Å². The third kappa shape index (κ3) is 4.72. The van der Waals surface area contributed by atoms with Crippen molar-refractivity contribution >= 4 is 38.8 Å². The van der Waals surface area contributed by atoms with Gasteiger partial charge in [0.05, 0.1) is 36.0 Å². The van der Waals surface area contributed by atoms with Crippen LogP contribution in [0.3, 0.4) is 0 Å². The van der Waals surface area contributed by atoms with Gasteiger partial charge >= 0.3 is 6.09 Å². The van der Waals surface area contributed by atoms with Gasteiger partial charge < -0.3 is 4.74 Å². The van der Waals surface area contributed by atoms with Crippen LogP contribution in [0.15, 0.2) is 24.4 Å². The van der Waals surface area contributed by atoms with E-state index < -0.39 is 33.7 Å². The maximum atomic E-state index is 14.7. The zero-order chi connectivity index (χ0) is 22.2. The lowest BCUT2D eigenvalue weighted by Crippen LogP contribution is -2.26. The van der Waals surface area contributed by atoms with Crippen molar-refractivity contribution in [2.75, 3.05) is 28.8 Å². The highest BCUT2D eigenvalue weighted by Gasteiger charge is 2.34. The van der Waals surface area contributed by atoms with Crippen LogP contribution in [-0.2, 0) is 27.5 Å². The van der Waals surface area contributed by atoms with Crippen LogP contribution in [0.1, 0.15) is 17.7 Å². The highest BCUT2D eigenvalue weighted by atomic mass is 35.5. The van der Waals surface area contributed by atoms with Gasteiger partial charge in [-0.1, -0.05) is 11.3 Å². The summed E-state index contributed by atoms with van der Waals surface area (Å²) in [5.74, 6) is -1.73. The topological polar surface area (TPSA) is 94.4 Å². The van der Waals surface area contributed by atoms with Crippen molar-refractivity contribution in [2.45, 2.75) is 25.5 Å². The monoisotopic (exact) mass is 472 g/mol. The number of alkyl halides is 1. The molecule has 2 aromatic rings. The number of sulfone groups is 1. The number of ether oxygens (including phenoxy) is 1. The number of anilines is 1. The predicted molar refractivity (Wildman–Crippen MR) is 110 cm³/mol. The van der Waals surface area contributed by atoms with E-state index >= 15 is 0 Å². The fourth-order valence-corrected chi connectivity index (χ4v) is 4.95. The molecule has 1 fully saturated rings. The van der Waals surface area contributed by atoms with Gasteiger partial charge in [0.25, 0.3) is 0 Å². The summed E-state index contributed by atoms with van der Waals surface area (Å²) in [4.78, 5) is 13.4. The summed E-state index contributed by atoms with van der Waals surface area (Å²) >= 11 is 5.68. The molecule has 0 bridgehead atoms. The van der Waals surface area contributed by atoms with Gasteiger partial charge in [0.2, 0.25) is 0 Å². The Labute approximate surface area is 182 Å². The summed E-state index contributed by atoms with van der Waals surface area (Å²) in [6, 6.07) is 2.11. The minimum absolute atomic E-state index is 0.0247. The number of nitrogens with zero attached hydrogens (tertiary/aromatic N) is 4. The number of amides is 1. The molecule has 1 amide bonds. The molecule has 1 saturated heterocycles. The number of carbonyl (C=O) groups excluding carboxylic acids is 1. The summed E-state index contributed by atoms with van der Waals surface area (Å²) < 4.78 is 59.4. The van der Waals surface area contributed by atoms with E-state index in [0.29, 0.717) is 23.6 Å². The van der Waals surface area contributed by atoms with Crippen LogP contribution in [-0.4, -0.2) is 59.5 Å². The van der Waals surface area contributed by atoms with Crippen LogP contribution in [0.2, 0.25) is 0 Å². The molecule has 1 unspecified atom stereocenters. The van der Waals surface area contributed by atoms with Crippen LogP contribution in [0.4, 0.5) is 19.3 Å². The molecule has 4 rings (SSSR count). The van der Waals surface area contributed by atoms with E-state index in [1.807, 2.05) is 0 Å². The Hall–Kier alpha value is -2.53. The molecular formula is C19H19ClF2N4O4S. The molecule has 1 atom stereocenters. The molecule has 1 aromatic heterocycles. The van der Waals surface area contributed by atoms with E-state index in [4.69, 9.17) is 16.3 Å². The fourth-order valence-electron chi connectivity index (χ4n) is 3.60. The minimum atomic E-state index is -3.22. The zero-order valence-corrected chi connectivity index (χ0v) is 17.9. The minimum Gasteiger partial charge on any atom is -0.442 e. The lowest BCUT2D eigenvalue weighted by molar-refractivity contribution is 0.129. The van der Waals surface area contributed by atoms with E-state index in [2.05, 4.69) is 10.3 Å². The number of cyclic esters (lactones) is 1. The van der Waals surface area contributed by atoms with Crippen molar-refractivity contribution in [1.82, 2.24) is 15.0 Å². The Balaban J connectivity index is 1.50. The fraction of sp³-hybridized carbons (Fsp3) is 0.421. The first kappa shape index (κ1) is 21.7. The Morgan fingerprint density at radius 1 is 1.26 bits per heavy atom. The van der Waals surface area contributed by atoms with Crippen LogP contribution < -0.4 is 4.90 Å². The van der Waals surface area contributed by atoms with E-state index in [1.54, 1.807) is 6.20 Å². The average Bonchev–Trinajstić information content (AvgIpc) is 3.29. The second kappa shape index (κ2) is 8.54. The first-order chi connectivity index (χ1) is 14.8. The van der Waals surface area contributed by atoms with Crippen molar-refractivity contribution in [3.05, 3.63) is 47.3 Å². The summed E-state index contributed by atoms with van der Waals surface area (Å²) in [5.41, 5.74) is 0.770. The summed E-state index contributed by atoms with van der Waals surface area (Å²) in [5, 5.41) is 7.91. The molecule has 12 heteroatoms. The van der Waals surface area contributed by atoms with Crippen molar-refractivity contribution in [1.29, 1.82) is 0 Å². The van der Waals surface area contributed by atoms with Gasteiger partial charge in [-0.25, -0.2) is 26.7 Å². The van der Waals surface area contributed by atoms with Crippen LogP contribution >= 0.6 is 11.6 Å². The van der Waals surface area contributed by atoms with E-state index in [1.165, 1.54) is 10.8 Å². The van der Waals surface area contributed by atoms with Crippen LogP contribution in [0, 0.1) is 11.6 Å². The Bertz CT molecular complexity index is 1130. The van der Waals surface area contributed by atoms with Crippen molar-refractivity contribution < 1.29 is 26.7 Å². The second-order valence-corrected chi connectivity index (χ2v) is 9.97. The van der Waals surface area contributed by atoms with Crippen LogP contribution in [0.5, 0.6) is 0 Å². The van der Waals surface area contributed by atoms with Crippen molar-refractivity contribution in [3.63, 3.8) is 0 Å². The molecule has 3 heterocycles. The number of halogens is 3. The van der Waals surface area contributed by atoms with Gasteiger partial charge in [-0.15, -0.1) is 16.7 Å². The highest BCUT2D eigenvalue weighted by molar-refractivity contribution is 7.91. The number of allylic oxidation sites excluding steroid dienone is 1. The van der Waals surface area contributed by atoms with Crippen molar-refractivity contribution in [2.24, 2.45) is 0 Å². The van der Waals surface area contributed by atoms with Gasteiger partial charge in [-0.2, -0.15) is 0 Å². The van der Waals surface area contributed by atoms with E-state index in [0.717, 1.165) is 17.0 Å². The molecule has 0 spiro atoms. The summed E-state index contributed by atoms with van der Waals surface area (Å²) in [6.07, 6.45) is 2.33. The molecule has 0 radical (unpaired) electrons. The molecule has 0 N–H and O–H groups in total. The molecule has 2 aliphatic heterocycles. The van der Waals surface area contributed by atoms with Gasteiger partial charge in [0.1, 0.15) is 17.7 Å². The highest BCUT2D eigenvalue weighted by Crippen LogP contribution is 2.32. The predicted octanol–water partition coefficient (Wildman–Crippen LogP) is 2.56. The third-order valence-electron chi connectivity index (χ3n) is 5.13. The first-order valence-electron chi connectivity index (χ1n) is 9.58. The molecule has 0 saturated carbocycles. The second-order valence-electron chi connectivity index (χ2n) is 7.37. The van der Waals surface area contributed by atoms with E-state index in [-0.39, 0.29) is 42.3 Å². The number of aromatic nitrogens is 3. The number of hydrogen-bond donors (Lipinski definition) is 0. The zero-order valence-electron chi connectivity index (χ0n) is 16.3. The number of benzene rings is 1. The molecule has 166 valence electrons. The maximum absolute atomic E-state index is 14.7. The standard InChI is InChI=1S/C19H19ClF2N4O4S/c20-4-1-13-9-25(24-23-13)10-15-11-26(19(27)30-15)14-7-16(21)18(17(22)8-14)12-2-5-31(28,29)6-3-12/h2,7-9,15H,1,3-6,10-11H2. The number of hydrogen-bond acceptors (Lipinski definition) is 6. The molecule has 31 heavy (non-hydrogen) atoms. The van der Waals surface area contributed by atoms with Crippen molar-refractivity contribution in [3.8, 4) is 0 Å². The Kier molecular flexibility index (Phi) is 5.98. The Morgan fingerprint density at radius 3 is 2.65 bits per heavy atom. The lowest BCUT2D eigenvalue weighted by Gasteiger charge is -2.18. The normalized spacial score (nSPS) is 20.6.